The maximum atomic E-state index is 5.80. The fraction of sp³-hybridized carbons (Fsp3) is 0.550. The van der Waals surface area contributed by atoms with Gasteiger partial charge in [0.25, 0.3) is 0 Å². The van der Waals surface area contributed by atoms with Gasteiger partial charge in [-0.1, -0.05) is 11.8 Å². The second-order valence-corrected chi connectivity index (χ2v) is 7.60. The van der Waals surface area contributed by atoms with Gasteiger partial charge in [0, 0.05) is 18.1 Å². The highest BCUT2D eigenvalue weighted by molar-refractivity contribution is 7.99. The van der Waals surface area contributed by atoms with Crippen LogP contribution in [0.3, 0.4) is 0 Å². The number of methoxy groups -OCH3 is 1. The Morgan fingerprint density at radius 1 is 1.23 bits per heavy atom. The summed E-state index contributed by atoms with van der Waals surface area (Å²) in [7, 11) is 1.67. The molecular weight excluding hydrogens is 348 g/mol. The molecule has 5 nitrogen and oxygen atoms in total. The first-order valence-corrected chi connectivity index (χ1v) is 10.2. The summed E-state index contributed by atoms with van der Waals surface area (Å²) in [6.45, 7) is 6.73. The number of thioether (sulfide) groups is 1. The molecule has 0 N–H and O–H groups in total. The first-order valence-electron chi connectivity index (χ1n) is 9.22. The predicted octanol–water partition coefficient (Wildman–Crippen LogP) is 4.25. The van der Waals surface area contributed by atoms with E-state index in [1.54, 1.807) is 18.9 Å². The molecular formula is C20H28N2O3S. The molecule has 26 heavy (non-hydrogen) atoms. The fourth-order valence-electron chi connectivity index (χ4n) is 3.03. The molecule has 1 aromatic heterocycles. The zero-order chi connectivity index (χ0) is 18.4. The normalized spacial score (nSPS) is 16.8. The molecule has 0 saturated carbocycles. The number of ether oxygens (including phenoxy) is 3. The zero-order valence-corrected chi connectivity index (χ0v) is 16.7. The van der Waals surface area contributed by atoms with Crippen LogP contribution < -0.4 is 9.47 Å². The van der Waals surface area contributed by atoms with Crippen LogP contribution in [-0.2, 0) is 11.3 Å². The van der Waals surface area contributed by atoms with Gasteiger partial charge in [-0.05, 0) is 57.4 Å². The third-order valence-electron chi connectivity index (χ3n) is 4.68. The van der Waals surface area contributed by atoms with Gasteiger partial charge >= 0.3 is 0 Å². The van der Waals surface area contributed by atoms with Crippen LogP contribution in [0.5, 0.6) is 11.5 Å². The highest BCUT2D eigenvalue weighted by Crippen LogP contribution is 2.25. The van der Waals surface area contributed by atoms with E-state index in [1.165, 1.54) is 12.1 Å². The van der Waals surface area contributed by atoms with E-state index in [4.69, 9.17) is 19.2 Å². The van der Waals surface area contributed by atoms with E-state index >= 15 is 0 Å². The van der Waals surface area contributed by atoms with Crippen molar-refractivity contribution < 1.29 is 14.2 Å². The Hall–Kier alpha value is -1.66. The Balaban J connectivity index is 1.45. The zero-order valence-electron chi connectivity index (χ0n) is 15.9. The summed E-state index contributed by atoms with van der Waals surface area (Å²) in [5.74, 6) is 2.71. The summed E-state index contributed by atoms with van der Waals surface area (Å²) in [6.07, 6.45) is 3.63. The van der Waals surface area contributed by atoms with Crippen LogP contribution in [-0.4, -0.2) is 41.7 Å². The van der Waals surface area contributed by atoms with Crippen LogP contribution >= 0.6 is 11.8 Å². The molecule has 1 saturated heterocycles. The Morgan fingerprint density at radius 3 is 2.69 bits per heavy atom. The lowest BCUT2D eigenvalue weighted by atomic mass is 10.2. The molecule has 0 unspecified atom stereocenters. The van der Waals surface area contributed by atoms with Gasteiger partial charge in [-0.25, -0.2) is 4.98 Å². The quantitative estimate of drug-likeness (QED) is 0.484. The number of aryl methyl sites for hydroxylation is 1. The van der Waals surface area contributed by atoms with Gasteiger partial charge < -0.3 is 18.8 Å². The topological polar surface area (TPSA) is 45.5 Å². The lowest BCUT2D eigenvalue weighted by Crippen LogP contribution is -2.16. The summed E-state index contributed by atoms with van der Waals surface area (Å²) in [5.41, 5.74) is 2.36. The molecule has 6 heteroatoms. The van der Waals surface area contributed by atoms with Gasteiger partial charge in [-0.3, -0.25) is 0 Å². The van der Waals surface area contributed by atoms with Gasteiger partial charge in [0.2, 0.25) is 0 Å². The molecule has 0 aliphatic carbocycles. The number of hydrogen-bond acceptors (Lipinski definition) is 5. The molecule has 2 aromatic rings. The molecule has 1 atom stereocenters. The Labute approximate surface area is 160 Å². The van der Waals surface area contributed by atoms with E-state index in [0.29, 0.717) is 12.7 Å². The van der Waals surface area contributed by atoms with Gasteiger partial charge in [0.05, 0.1) is 32.1 Å². The lowest BCUT2D eigenvalue weighted by Gasteiger charge is -2.14. The molecule has 0 radical (unpaired) electrons. The summed E-state index contributed by atoms with van der Waals surface area (Å²) in [5, 5.41) is 1.10. The second-order valence-electron chi connectivity index (χ2n) is 6.54. The summed E-state index contributed by atoms with van der Waals surface area (Å²) in [4.78, 5) is 4.74. The van der Waals surface area contributed by atoms with Gasteiger partial charge in [-0.2, -0.15) is 0 Å². The van der Waals surface area contributed by atoms with Crippen molar-refractivity contribution in [3.05, 3.63) is 35.7 Å². The minimum atomic E-state index is 0.333. The third-order valence-corrected chi connectivity index (χ3v) is 5.74. The van der Waals surface area contributed by atoms with Crippen molar-refractivity contribution in [3.63, 3.8) is 0 Å². The highest BCUT2D eigenvalue weighted by Gasteiger charge is 2.20. The minimum Gasteiger partial charge on any atom is -0.497 e. The van der Waals surface area contributed by atoms with Crippen molar-refractivity contribution in [2.24, 2.45) is 0 Å². The molecule has 0 spiro atoms. The van der Waals surface area contributed by atoms with Gasteiger partial charge in [0.15, 0.2) is 5.16 Å². The number of aromatic nitrogens is 2. The number of benzene rings is 1. The number of nitrogens with zero attached hydrogens (tertiary/aromatic N) is 2. The lowest BCUT2D eigenvalue weighted by molar-refractivity contribution is 0.0945. The van der Waals surface area contributed by atoms with Crippen LogP contribution in [0.25, 0.3) is 0 Å². The van der Waals surface area contributed by atoms with E-state index in [1.807, 2.05) is 24.3 Å². The van der Waals surface area contributed by atoms with E-state index in [-0.39, 0.29) is 0 Å². The van der Waals surface area contributed by atoms with Crippen LogP contribution in [0.2, 0.25) is 0 Å². The fourth-order valence-corrected chi connectivity index (χ4v) is 4.04. The number of hydrogen-bond donors (Lipinski definition) is 0. The SMILES string of the molecule is COc1ccc(OCCCSc2nc(C)c(C)n2C[C@H]2CCCO2)cc1. The average molecular weight is 377 g/mol. The third kappa shape index (κ3) is 4.95. The first-order chi connectivity index (χ1) is 12.7. The molecule has 0 bridgehead atoms. The van der Waals surface area contributed by atoms with Gasteiger partial charge in [0.1, 0.15) is 11.5 Å². The standard InChI is InChI=1S/C20H28N2O3S/c1-15-16(2)22(14-19-6-4-11-25-19)20(21-15)26-13-5-12-24-18-9-7-17(23-3)8-10-18/h7-10,19H,4-6,11-14H2,1-3H3/t19-/m1/s1. The van der Waals surface area contributed by atoms with Crippen molar-refractivity contribution in [2.45, 2.75) is 50.9 Å². The van der Waals surface area contributed by atoms with E-state index in [0.717, 1.165) is 54.1 Å². The monoisotopic (exact) mass is 376 g/mol. The van der Waals surface area contributed by atoms with E-state index in [9.17, 15) is 0 Å². The first kappa shape index (κ1) is 19.1. The molecule has 1 aromatic carbocycles. The van der Waals surface area contributed by atoms with Crippen molar-refractivity contribution >= 4 is 11.8 Å². The van der Waals surface area contributed by atoms with Crippen LogP contribution in [0.4, 0.5) is 0 Å². The predicted molar refractivity (Wildman–Crippen MR) is 105 cm³/mol. The Morgan fingerprint density at radius 2 is 2.00 bits per heavy atom. The molecule has 142 valence electrons. The molecule has 1 aliphatic heterocycles. The molecule has 1 fully saturated rings. The van der Waals surface area contributed by atoms with Crippen LogP contribution in [0, 0.1) is 13.8 Å². The van der Waals surface area contributed by atoms with Crippen molar-refractivity contribution in [1.29, 1.82) is 0 Å². The van der Waals surface area contributed by atoms with Crippen molar-refractivity contribution in [1.82, 2.24) is 9.55 Å². The molecule has 2 heterocycles. The molecule has 1 aliphatic rings. The van der Waals surface area contributed by atoms with Crippen LogP contribution in [0.15, 0.2) is 29.4 Å². The largest absolute Gasteiger partial charge is 0.497 e. The van der Waals surface area contributed by atoms with Crippen LogP contribution in [0.1, 0.15) is 30.7 Å². The molecule has 0 amide bonds. The maximum absolute atomic E-state index is 5.80. The maximum Gasteiger partial charge on any atom is 0.168 e. The average Bonchev–Trinajstić information content (AvgIpc) is 3.26. The van der Waals surface area contributed by atoms with Gasteiger partial charge in [-0.15, -0.1) is 0 Å². The van der Waals surface area contributed by atoms with E-state index in [2.05, 4.69) is 18.4 Å². The number of rotatable bonds is 9. The Kier molecular flexibility index (Phi) is 6.86. The van der Waals surface area contributed by atoms with Crippen molar-refractivity contribution in [2.75, 3.05) is 26.1 Å². The highest BCUT2D eigenvalue weighted by atomic mass is 32.2. The summed E-state index contributed by atoms with van der Waals surface area (Å²) >= 11 is 1.80. The second kappa shape index (κ2) is 9.33. The minimum absolute atomic E-state index is 0.333. The smallest absolute Gasteiger partial charge is 0.168 e. The molecule has 3 rings (SSSR count). The number of imidazole rings is 1. The van der Waals surface area contributed by atoms with E-state index < -0.39 is 0 Å². The summed E-state index contributed by atoms with van der Waals surface area (Å²) < 4.78 is 19.1. The van der Waals surface area contributed by atoms with Crippen molar-refractivity contribution in [3.8, 4) is 11.5 Å². The Bertz CT molecular complexity index is 694. The summed E-state index contributed by atoms with van der Waals surface area (Å²) in [6, 6.07) is 7.70.